The number of furan rings is 1. The fraction of sp³-hybridized carbons (Fsp3) is 0.250. The number of hydrogen-bond donors (Lipinski definition) is 2. The van der Waals surface area contributed by atoms with Crippen molar-refractivity contribution in [3.8, 4) is 11.3 Å². The Morgan fingerprint density at radius 2 is 1.95 bits per heavy atom. The second-order valence-corrected chi connectivity index (χ2v) is 4.73. The van der Waals surface area contributed by atoms with Crippen molar-refractivity contribution < 1.29 is 18.4 Å². The molecular formula is C16H17FN2O3. The van der Waals surface area contributed by atoms with Gasteiger partial charge in [-0.2, -0.15) is 0 Å². The topological polar surface area (TPSA) is 71.3 Å². The second kappa shape index (κ2) is 6.89. The summed E-state index contributed by atoms with van der Waals surface area (Å²) >= 11 is 0. The van der Waals surface area contributed by atoms with Crippen LogP contribution in [0.1, 0.15) is 24.4 Å². The van der Waals surface area contributed by atoms with Crippen LogP contribution in [0.15, 0.2) is 40.8 Å². The van der Waals surface area contributed by atoms with E-state index in [9.17, 15) is 14.0 Å². The lowest BCUT2D eigenvalue weighted by atomic mass is 10.1. The molecule has 6 heteroatoms. The summed E-state index contributed by atoms with van der Waals surface area (Å²) in [6.07, 6.45) is 0. The van der Waals surface area contributed by atoms with E-state index in [2.05, 4.69) is 10.6 Å². The van der Waals surface area contributed by atoms with Crippen LogP contribution < -0.4 is 10.6 Å². The Balaban J connectivity index is 2.10. The molecule has 0 saturated heterocycles. The van der Waals surface area contributed by atoms with E-state index in [-0.39, 0.29) is 23.0 Å². The first-order chi connectivity index (χ1) is 10.5. The number of benzene rings is 1. The first-order valence-electron chi connectivity index (χ1n) is 6.96. The molecule has 1 aromatic heterocycles. The Labute approximate surface area is 127 Å². The number of carbonyl (C=O) groups excluding carboxylic acids is 2. The van der Waals surface area contributed by atoms with Crippen molar-refractivity contribution >= 4 is 11.8 Å². The SMILES string of the molecule is CCNC(=O)C(C)NC(=O)c1ccc(-c2ccccc2F)o1. The predicted molar refractivity (Wildman–Crippen MR) is 79.7 cm³/mol. The zero-order chi connectivity index (χ0) is 16.1. The Bertz CT molecular complexity index is 682. The van der Waals surface area contributed by atoms with Crippen LogP contribution in [0.2, 0.25) is 0 Å². The van der Waals surface area contributed by atoms with Gasteiger partial charge in [0, 0.05) is 6.54 Å². The van der Waals surface area contributed by atoms with Crippen LogP contribution in [0.25, 0.3) is 11.3 Å². The molecule has 2 N–H and O–H groups in total. The highest BCUT2D eigenvalue weighted by atomic mass is 19.1. The highest BCUT2D eigenvalue weighted by molar-refractivity contribution is 5.95. The van der Waals surface area contributed by atoms with E-state index >= 15 is 0 Å². The van der Waals surface area contributed by atoms with Crippen molar-refractivity contribution in [2.45, 2.75) is 19.9 Å². The number of carbonyl (C=O) groups is 2. The van der Waals surface area contributed by atoms with Crippen LogP contribution >= 0.6 is 0 Å². The molecule has 0 radical (unpaired) electrons. The normalized spacial score (nSPS) is 11.8. The maximum Gasteiger partial charge on any atom is 0.287 e. The van der Waals surface area contributed by atoms with Crippen LogP contribution in [0.4, 0.5) is 4.39 Å². The molecule has 1 aromatic carbocycles. The lowest BCUT2D eigenvalue weighted by molar-refractivity contribution is -0.122. The third-order valence-corrected chi connectivity index (χ3v) is 3.06. The summed E-state index contributed by atoms with van der Waals surface area (Å²) < 4.78 is 19.0. The molecule has 0 aliphatic heterocycles. The first-order valence-corrected chi connectivity index (χ1v) is 6.96. The fourth-order valence-electron chi connectivity index (χ4n) is 1.93. The van der Waals surface area contributed by atoms with Crippen molar-refractivity contribution in [3.63, 3.8) is 0 Å². The minimum absolute atomic E-state index is 0.0226. The number of halogens is 1. The third kappa shape index (κ3) is 3.52. The molecule has 0 aliphatic carbocycles. The summed E-state index contributed by atoms with van der Waals surface area (Å²) in [5, 5.41) is 5.13. The van der Waals surface area contributed by atoms with E-state index in [1.807, 2.05) is 0 Å². The monoisotopic (exact) mass is 304 g/mol. The van der Waals surface area contributed by atoms with E-state index in [0.717, 1.165) is 0 Å². The van der Waals surface area contributed by atoms with Crippen LogP contribution in [0.5, 0.6) is 0 Å². The summed E-state index contributed by atoms with van der Waals surface area (Å²) in [5.74, 6) is -0.958. The third-order valence-electron chi connectivity index (χ3n) is 3.06. The molecule has 1 unspecified atom stereocenters. The Morgan fingerprint density at radius 3 is 2.64 bits per heavy atom. The molecule has 2 amide bonds. The molecule has 116 valence electrons. The van der Waals surface area contributed by atoms with Crippen molar-refractivity contribution in [2.75, 3.05) is 6.54 Å². The number of rotatable bonds is 5. The van der Waals surface area contributed by atoms with Crippen LogP contribution in [-0.2, 0) is 4.79 Å². The van der Waals surface area contributed by atoms with Crippen LogP contribution in [0, 0.1) is 5.82 Å². The number of nitrogens with one attached hydrogen (secondary N) is 2. The summed E-state index contributed by atoms with van der Waals surface area (Å²) in [7, 11) is 0. The molecule has 5 nitrogen and oxygen atoms in total. The highest BCUT2D eigenvalue weighted by Gasteiger charge is 2.19. The standard InChI is InChI=1S/C16H17FN2O3/c1-3-18-15(20)10(2)19-16(21)14-9-8-13(22-14)11-6-4-5-7-12(11)17/h4-10H,3H2,1-2H3,(H,18,20)(H,19,21). The molecule has 0 spiro atoms. The molecule has 0 saturated carbocycles. The first kappa shape index (κ1) is 15.8. The molecule has 0 bridgehead atoms. The zero-order valence-corrected chi connectivity index (χ0v) is 12.4. The van der Waals surface area contributed by atoms with E-state index in [1.54, 1.807) is 32.0 Å². The van der Waals surface area contributed by atoms with Gasteiger partial charge in [0.05, 0.1) is 5.56 Å². The van der Waals surface area contributed by atoms with Gasteiger partial charge < -0.3 is 15.1 Å². The number of hydrogen-bond acceptors (Lipinski definition) is 3. The maximum absolute atomic E-state index is 13.7. The average molecular weight is 304 g/mol. The van der Waals surface area contributed by atoms with Gasteiger partial charge in [-0.25, -0.2) is 4.39 Å². The van der Waals surface area contributed by atoms with E-state index < -0.39 is 17.8 Å². The van der Waals surface area contributed by atoms with Gasteiger partial charge in [0.1, 0.15) is 17.6 Å². The second-order valence-electron chi connectivity index (χ2n) is 4.73. The van der Waals surface area contributed by atoms with Gasteiger partial charge in [-0.15, -0.1) is 0 Å². The molecule has 1 atom stereocenters. The van der Waals surface area contributed by atoms with Gasteiger partial charge in [0.15, 0.2) is 5.76 Å². The molecule has 0 aliphatic rings. The van der Waals surface area contributed by atoms with Crippen molar-refractivity contribution in [1.29, 1.82) is 0 Å². The van der Waals surface area contributed by atoms with Gasteiger partial charge in [-0.1, -0.05) is 12.1 Å². The average Bonchev–Trinajstić information content (AvgIpc) is 2.97. The summed E-state index contributed by atoms with van der Waals surface area (Å²) in [5.41, 5.74) is 0.276. The van der Waals surface area contributed by atoms with Crippen molar-refractivity contribution in [2.24, 2.45) is 0 Å². The number of likely N-dealkylation sites (N-methyl/N-ethyl adjacent to an activating group) is 1. The van der Waals surface area contributed by atoms with E-state index in [4.69, 9.17) is 4.42 Å². The largest absolute Gasteiger partial charge is 0.451 e. The van der Waals surface area contributed by atoms with Crippen molar-refractivity contribution in [3.05, 3.63) is 48.0 Å². The number of amides is 2. The minimum Gasteiger partial charge on any atom is -0.451 e. The van der Waals surface area contributed by atoms with Gasteiger partial charge in [0.2, 0.25) is 5.91 Å². The molecule has 2 aromatic rings. The van der Waals surface area contributed by atoms with Crippen molar-refractivity contribution in [1.82, 2.24) is 10.6 Å². The van der Waals surface area contributed by atoms with Gasteiger partial charge in [-0.05, 0) is 38.1 Å². The maximum atomic E-state index is 13.7. The van der Waals surface area contributed by atoms with E-state index in [1.165, 1.54) is 18.2 Å². The fourth-order valence-corrected chi connectivity index (χ4v) is 1.93. The van der Waals surface area contributed by atoms with Gasteiger partial charge in [-0.3, -0.25) is 9.59 Å². The predicted octanol–water partition coefficient (Wildman–Crippen LogP) is 2.34. The zero-order valence-electron chi connectivity index (χ0n) is 12.4. The van der Waals surface area contributed by atoms with Crippen LogP contribution in [-0.4, -0.2) is 24.4 Å². The summed E-state index contributed by atoms with van der Waals surface area (Å²) in [6.45, 7) is 3.85. The molecule has 22 heavy (non-hydrogen) atoms. The molecule has 0 fully saturated rings. The highest BCUT2D eigenvalue weighted by Crippen LogP contribution is 2.24. The lowest BCUT2D eigenvalue weighted by Gasteiger charge is -2.12. The molecular weight excluding hydrogens is 287 g/mol. The quantitative estimate of drug-likeness (QED) is 0.890. The summed E-state index contributed by atoms with van der Waals surface area (Å²) in [6, 6.07) is 8.41. The molecule has 2 rings (SSSR count). The Morgan fingerprint density at radius 1 is 1.23 bits per heavy atom. The van der Waals surface area contributed by atoms with Crippen LogP contribution in [0.3, 0.4) is 0 Å². The summed E-state index contributed by atoms with van der Waals surface area (Å²) in [4.78, 5) is 23.6. The van der Waals surface area contributed by atoms with E-state index in [0.29, 0.717) is 6.54 Å². The molecule has 1 heterocycles. The Kier molecular flexibility index (Phi) is 4.93. The smallest absolute Gasteiger partial charge is 0.287 e. The van der Waals surface area contributed by atoms with Gasteiger partial charge in [0.25, 0.3) is 5.91 Å². The van der Waals surface area contributed by atoms with Gasteiger partial charge >= 0.3 is 0 Å². The minimum atomic E-state index is -0.686. The lowest BCUT2D eigenvalue weighted by Crippen LogP contribution is -2.44. The Hall–Kier alpha value is -2.63.